The van der Waals surface area contributed by atoms with Crippen molar-refractivity contribution in [1.29, 1.82) is 0 Å². The first-order valence-corrected chi connectivity index (χ1v) is 11.4. The van der Waals surface area contributed by atoms with Crippen LogP contribution in [0, 0.1) is 6.92 Å². The maximum absolute atomic E-state index is 6.27. The van der Waals surface area contributed by atoms with Gasteiger partial charge in [0.25, 0.3) is 0 Å². The van der Waals surface area contributed by atoms with E-state index < -0.39 is 0 Å². The summed E-state index contributed by atoms with van der Waals surface area (Å²) < 4.78 is 7.93. The van der Waals surface area contributed by atoms with Crippen molar-refractivity contribution in [1.82, 2.24) is 30.2 Å². The molecular formula is C25H27N7O. The zero-order valence-corrected chi connectivity index (χ0v) is 18.9. The zero-order valence-electron chi connectivity index (χ0n) is 18.9. The summed E-state index contributed by atoms with van der Waals surface area (Å²) in [5.74, 6) is 1.72. The van der Waals surface area contributed by atoms with Crippen LogP contribution in [0.2, 0.25) is 0 Å². The molecule has 0 unspecified atom stereocenters. The van der Waals surface area contributed by atoms with Crippen molar-refractivity contribution in [3.05, 3.63) is 72.3 Å². The van der Waals surface area contributed by atoms with Crippen molar-refractivity contribution in [2.75, 3.05) is 18.0 Å². The fourth-order valence-electron chi connectivity index (χ4n) is 4.17. The van der Waals surface area contributed by atoms with Crippen molar-refractivity contribution in [2.24, 2.45) is 0 Å². The third-order valence-electron chi connectivity index (χ3n) is 6.12. The van der Waals surface area contributed by atoms with E-state index in [-0.39, 0.29) is 6.10 Å². The van der Waals surface area contributed by atoms with E-state index in [0.29, 0.717) is 0 Å². The fourth-order valence-corrected chi connectivity index (χ4v) is 4.17. The molecule has 0 atom stereocenters. The molecule has 1 aliphatic heterocycles. The van der Waals surface area contributed by atoms with E-state index in [1.165, 1.54) is 16.7 Å². The van der Waals surface area contributed by atoms with Crippen LogP contribution in [0.1, 0.15) is 30.9 Å². The Kier molecular flexibility index (Phi) is 5.97. The van der Waals surface area contributed by atoms with Gasteiger partial charge < -0.3 is 9.64 Å². The molecule has 8 heteroatoms. The Bertz CT molecular complexity index is 1180. The Morgan fingerprint density at radius 2 is 1.76 bits per heavy atom. The Labute approximate surface area is 193 Å². The number of aryl methyl sites for hydroxylation is 2. The molecule has 0 bridgehead atoms. The number of nitrogens with zero attached hydrogens (tertiary/aromatic N) is 7. The average Bonchev–Trinajstić information content (AvgIpc) is 3.40. The first-order chi connectivity index (χ1) is 16.2. The van der Waals surface area contributed by atoms with Gasteiger partial charge in [0, 0.05) is 38.3 Å². The third-order valence-corrected chi connectivity index (χ3v) is 6.12. The second-order valence-electron chi connectivity index (χ2n) is 8.33. The van der Waals surface area contributed by atoms with Crippen LogP contribution < -0.4 is 9.64 Å². The van der Waals surface area contributed by atoms with E-state index in [0.717, 1.165) is 55.3 Å². The van der Waals surface area contributed by atoms with Gasteiger partial charge in [0.15, 0.2) is 0 Å². The number of aromatic nitrogens is 6. The number of anilines is 1. The molecule has 5 rings (SSSR count). The molecule has 0 amide bonds. The van der Waals surface area contributed by atoms with Gasteiger partial charge in [-0.25, -0.2) is 14.6 Å². The lowest BCUT2D eigenvalue weighted by Crippen LogP contribution is -2.39. The van der Waals surface area contributed by atoms with Gasteiger partial charge in [0.05, 0.1) is 5.69 Å². The minimum atomic E-state index is 0.208. The van der Waals surface area contributed by atoms with Crippen LogP contribution in [0.15, 0.2) is 61.2 Å². The number of piperidine rings is 1. The van der Waals surface area contributed by atoms with Gasteiger partial charge in [0.2, 0.25) is 5.95 Å². The van der Waals surface area contributed by atoms with Crippen molar-refractivity contribution in [2.45, 2.75) is 39.2 Å². The second kappa shape index (κ2) is 9.36. The number of hydrogen-bond acceptors (Lipinski definition) is 7. The van der Waals surface area contributed by atoms with E-state index in [1.807, 2.05) is 18.5 Å². The summed E-state index contributed by atoms with van der Waals surface area (Å²) in [4.78, 5) is 11.3. The minimum absolute atomic E-state index is 0.208. The summed E-state index contributed by atoms with van der Waals surface area (Å²) in [6.45, 7) is 6.02. The topological polar surface area (TPSA) is 81.9 Å². The molecular weight excluding hydrogens is 414 g/mol. The predicted molar refractivity (Wildman–Crippen MR) is 127 cm³/mol. The molecule has 0 N–H and O–H groups in total. The highest BCUT2D eigenvalue weighted by atomic mass is 16.5. The molecule has 1 aliphatic rings. The Morgan fingerprint density at radius 1 is 1.00 bits per heavy atom. The smallest absolute Gasteiger partial charge is 0.225 e. The van der Waals surface area contributed by atoms with Crippen LogP contribution >= 0.6 is 0 Å². The standard InChI is InChI=1S/C25H27N7O/c1-3-19-15-26-25(27-16-19)31-12-10-23(11-13-31)33-22-7-4-20(5-8-22)24-9-6-21(14-18(24)2)32-17-28-29-30-32/h4-9,14-17,23H,3,10-13H2,1-2H3. The normalized spacial score (nSPS) is 14.4. The first kappa shape index (κ1) is 21.1. The molecule has 0 aliphatic carbocycles. The van der Waals surface area contributed by atoms with E-state index in [1.54, 1.807) is 11.0 Å². The van der Waals surface area contributed by atoms with Gasteiger partial charge in [-0.05, 0) is 70.3 Å². The highest BCUT2D eigenvalue weighted by molar-refractivity contribution is 5.69. The quantitative estimate of drug-likeness (QED) is 0.447. The minimum Gasteiger partial charge on any atom is -0.490 e. The molecule has 4 aromatic rings. The summed E-state index contributed by atoms with van der Waals surface area (Å²) in [6.07, 6.45) is 8.53. The van der Waals surface area contributed by atoms with Gasteiger partial charge in [-0.2, -0.15) is 0 Å². The summed E-state index contributed by atoms with van der Waals surface area (Å²) >= 11 is 0. The highest BCUT2D eigenvalue weighted by Gasteiger charge is 2.22. The fraction of sp³-hybridized carbons (Fsp3) is 0.320. The summed E-state index contributed by atoms with van der Waals surface area (Å²) in [7, 11) is 0. The van der Waals surface area contributed by atoms with Crippen LogP contribution in [0.3, 0.4) is 0 Å². The first-order valence-electron chi connectivity index (χ1n) is 11.4. The van der Waals surface area contributed by atoms with Gasteiger partial charge >= 0.3 is 0 Å². The van der Waals surface area contributed by atoms with Crippen LogP contribution in [0.4, 0.5) is 5.95 Å². The largest absolute Gasteiger partial charge is 0.490 e. The van der Waals surface area contributed by atoms with Crippen LogP contribution in [0.5, 0.6) is 5.75 Å². The molecule has 3 heterocycles. The predicted octanol–water partition coefficient (Wildman–Crippen LogP) is 4.04. The number of tetrazole rings is 1. The third kappa shape index (κ3) is 4.69. The zero-order chi connectivity index (χ0) is 22.6. The van der Waals surface area contributed by atoms with Crippen molar-refractivity contribution in [3.8, 4) is 22.6 Å². The Balaban J connectivity index is 1.19. The van der Waals surface area contributed by atoms with Crippen LogP contribution in [-0.2, 0) is 6.42 Å². The van der Waals surface area contributed by atoms with Crippen molar-refractivity contribution in [3.63, 3.8) is 0 Å². The van der Waals surface area contributed by atoms with E-state index >= 15 is 0 Å². The summed E-state index contributed by atoms with van der Waals surface area (Å²) in [6, 6.07) is 14.6. The van der Waals surface area contributed by atoms with Gasteiger partial charge in [-0.1, -0.05) is 25.1 Å². The molecule has 1 fully saturated rings. The lowest BCUT2D eigenvalue weighted by atomic mass is 10.00. The number of benzene rings is 2. The monoisotopic (exact) mass is 441 g/mol. The summed E-state index contributed by atoms with van der Waals surface area (Å²) in [5.41, 5.74) is 5.61. The van der Waals surface area contributed by atoms with E-state index in [9.17, 15) is 0 Å². The lowest BCUT2D eigenvalue weighted by Gasteiger charge is -2.32. The molecule has 0 saturated carbocycles. The molecule has 168 valence electrons. The lowest BCUT2D eigenvalue weighted by molar-refractivity contribution is 0.170. The summed E-state index contributed by atoms with van der Waals surface area (Å²) in [5, 5.41) is 11.4. The molecule has 0 radical (unpaired) electrons. The number of rotatable bonds is 6. The van der Waals surface area contributed by atoms with Crippen molar-refractivity contribution >= 4 is 5.95 Å². The SMILES string of the molecule is CCc1cnc(N2CCC(Oc3ccc(-c4ccc(-n5cnnn5)cc4C)cc3)CC2)nc1. The van der Waals surface area contributed by atoms with Gasteiger partial charge in [-0.3, -0.25) is 0 Å². The van der Waals surface area contributed by atoms with Crippen LogP contribution in [0.25, 0.3) is 16.8 Å². The molecule has 33 heavy (non-hydrogen) atoms. The van der Waals surface area contributed by atoms with Crippen LogP contribution in [-0.4, -0.2) is 49.4 Å². The molecule has 2 aromatic carbocycles. The Morgan fingerprint density at radius 3 is 2.39 bits per heavy atom. The molecule has 1 saturated heterocycles. The average molecular weight is 442 g/mol. The number of ether oxygens (including phenoxy) is 1. The van der Waals surface area contributed by atoms with E-state index in [2.05, 4.69) is 80.6 Å². The molecule has 8 nitrogen and oxygen atoms in total. The van der Waals surface area contributed by atoms with Crippen molar-refractivity contribution < 1.29 is 4.74 Å². The maximum atomic E-state index is 6.27. The maximum Gasteiger partial charge on any atom is 0.225 e. The Hall–Kier alpha value is -3.81. The number of hydrogen-bond donors (Lipinski definition) is 0. The van der Waals surface area contributed by atoms with Gasteiger partial charge in [0.1, 0.15) is 18.2 Å². The molecule has 2 aromatic heterocycles. The van der Waals surface area contributed by atoms with Gasteiger partial charge in [-0.15, -0.1) is 5.10 Å². The highest BCUT2D eigenvalue weighted by Crippen LogP contribution is 2.28. The molecule has 0 spiro atoms. The van der Waals surface area contributed by atoms with E-state index in [4.69, 9.17) is 4.74 Å². The second-order valence-corrected chi connectivity index (χ2v) is 8.33.